The van der Waals surface area contributed by atoms with Crippen LogP contribution >= 0.6 is 0 Å². The number of hydrogen-bond donors (Lipinski definition) is 1. The van der Waals surface area contributed by atoms with Crippen molar-refractivity contribution in [2.75, 3.05) is 25.1 Å². The van der Waals surface area contributed by atoms with Crippen molar-refractivity contribution in [2.24, 2.45) is 5.92 Å². The number of aromatic carboxylic acids is 1. The van der Waals surface area contributed by atoms with E-state index >= 15 is 0 Å². The Morgan fingerprint density at radius 3 is 2.61 bits per heavy atom. The van der Waals surface area contributed by atoms with Crippen molar-refractivity contribution in [3.05, 3.63) is 23.8 Å². The van der Waals surface area contributed by atoms with E-state index in [9.17, 15) is 4.79 Å². The average Bonchev–Trinajstić information content (AvgIpc) is 2.38. The lowest BCUT2D eigenvalue weighted by Gasteiger charge is -2.32. The predicted molar refractivity (Wildman–Crippen MR) is 70.6 cm³/mol. The molecule has 0 aliphatic carbocycles. The molecule has 0 saturated carbocycles. The number of ether oxygens (including phenoxy) is 1. The summed E-state index contributed by atoms with van der Waals surface area (Å²) in [7, 11) is 1.50. The minimum absolute atomic E-state index is 0.214. The van der Waals surface area contributed by atoms with Crippen molar-refractivity contribution >= 4 is 11.7 Å². The predicted octanol–water partition coefficient (Wildman–Crippen LogP) is 2.63. The summed E-state index contributed by atoms with van der Waals surface area (Å²) in [5.74, 6) is 0.255. The van der Waals surface area contributed by atoms with E-state index < -0.39 is 5.97 Å². The molecular formula is C14H19NO3. The van der Waals surface area contributed by atoms with Gasteiger partial charge in [-0.25, -0.2) is 4.79 Å². The molecular weight excluding hydrogens is 230 g/mol. The van der Waals surface area contributed by atoms with Gasteiger partial charge in [0, 0.05) is 24.8 Å². The molecule has 1 aromatic rings. The molecule has 98 valence electrons. The van der Waals surface area contributed by atoms with E-state index in [1.807, 2.05) is 12.1 Å². The fourth-order valence-corrected chi connectivity index (χ4v) is 2.32. The van der Waals surface area contributed by atoms with Gasteiger partial charge in [0.25, 0.3) is 0 Å². The van der Waals surface area contributed by atoms with Crippen LogP contribution < -0.4 is 9.64 Å². The molecule has 1 aromatic carbocycles. The third-order valence-electron chi connectivity index (χ3n) is 3.56. The Bertz CT molecular complexity index is 437. The van der Waals surface area contributed by atoms with Crippen LogP contribution in [0, 0.1) is 5.92 Å². The Morgan fingerprint density at radius 1 is 1.39 bits per heavy atom. The lowest BCUT2D eigenvalue weighted by molar-refractivity contribution is 0.0693. The first-order chi connectivity index (χ1) is 8.61. The van der Waals surface area contributed by atoms with Crippen LogP contribution in [0.25, 0.3) is 0 Å². The number of carbonyl (C=O) groups is 1. The van der Waals surface area contributed by atoms with Crippen molar-refractivity contribution in [2.45, 2.75) is 19.8 Å². The van der Waals surface area contributed by atoms with Gasteiger partial charge >= 0.3 is 5.97 Å². The van der Waals surface area contributed by atoms with Crippen LogP contribution in [-0.2, 0) is 0 Å². The number of carboxylic acids is 1. The molecule has 0 radical (unpaired) electrons. The van der Waals surface area contributed by atoms with Gasteiger partial charge in [0.2, 0.25) is 0 Å². The average molecular weight is 249 g/mol. The zero-order valence-corrected chi connectivity index (χ0v) is 10.8. The molecule has 1 saturated heterocycles. The zero-order valence-electron chi connectivity index (χ0n) is 10.8. The number of nitrogens with zero attached hydrogens (tertiary/aromatic N) is 1. The van der Waals surface area contributed by atoms with Gasteiger partial charge < -0.3 is 14.7 Å². The summed E-state index contributed by atoms with van der Waals surface area (Å²) in [4.78, 5) is 13.3. The number of benzene rings is 1. The van der Waals surface area contributed by atoms with E-state index in [1.165, 1.54) is 20.0 Å². The Hall–Kier alpha value is -1.71. The summed E-state index contributed by atoms with van der Waals surface area (Å²) in [6, 6.07) is 5.30. The van der Waals surface area contributed by atoms with Crippen molar-refractivity contribution in [1.82, 2.24) is 0 Å². The monoisotopic (exact) mass is 249 g/mol. The lowest BCUT2D eigenvalue weighted by Crippen LogP contribution is -2.32. The van der Waals surface area contributed by atoms with Gasteiger partial charge in [-0.15, -0.1) is 0 Å². The van der Waals surface area contributed by atoms with E-state index in [0.717, 1.165) is 24.7 Å². The van der Waals surface area contributed by atoms with Gasteiger partial charge in [-0.05, 0) is 30.9 Å². The van der Waals surface area contributed by atoms with Crippen molar-refractivity contribution in [3.8, 4) is 5.75 Å². The number of rotatable bonds is 3. The van der Waals surface area contributed by atoms with Gasteiger partial charge in [-0.3, -0.25) is 0 Å². The fraction of sp³-hybridized carbons (Fsp3) is 0.500. The van der Waals surface area contributed by atoms with Crippen LogP contribution in [0.5, 0.6) is 5.75 Å². The highest BCUT2D eigenvalue weighted by atomic mass is 16.5. The number of methoxy groups -OCH3 is 1. The molecule has 0 amide bonds. The summed E-state index contributed by atoms with van der Waals surface area (Å²) in [6.45, 7) is 4.32. The Balaban J connectivity index is 2.22. The van der Waals surface area contributed by atoms with E-state index in [-0.39, 0.29) is 5.56 Å². The second kappa shape index (κ2) is 5.29. The largest absolute Gasteiger partial charge is 0.496 e. The van der Waals surface area contributed by atoms with Gasteiger partial charge in [0.1, 0.15) is 11.3 Å². The molecule has 1 aliphatic rings. The maximum Gasteiger partial charge on any atom is 0.339 e. The molecule has 1 fully saturated rings. The Labute approximate surface area is 107 Å². The van der Waals surface area contributed by atoms with Crippen molar-refractivity contribution in [3.63, 3.8) is 0 Å². The molecule has 4 heteroatoms. The first-order valence-corrected chi connectivity index (χ1v) is 6.28. The Morgan fingerprint density at radius 2 is 2.06 bits per heavy atom. The first-order valence-electron chi connectivity index (χ1n) is 6.28. The maximum absolute atomic E-state index is 11.0. The molecule has 1 aliphatic heterocycles. The third-order valence-corrected chi connectivity index (χ3v) is 3.56. The smallest absolute Gasteiger partial charge is 0.339 e. The first kappa shape index (κ1) is 12.7. The molecule has 0 bridgehead atoms. The summed E-state index contributed by atoms with van der Waals surface area (Å²) >= 11 is 0. The highest BCUT2D eigenvalue weighted by Gasteiger charge is 2.18. The van der Waals surface area contributed by atoms with Crippen LogP contribution in [-0.4, -0.2) is 31.3 Å². The highest BCUT2D eigenvalue weighted by molar-refractivity contribution is 5.91. The second-order valence-electron chi connectivity index (χ2n) is 4.86. The van der Waals surface area contributed by atoms with E-state index in [4.69, 9.17) is 9.84 Å². The fourth-order valence-electron chi connectivity index (χ4n) is 2.32. The van der Waals surface area contributed by atoms with Gasteiger partial charge in [-0.1, -0.05) is 6.92 Å². The molecule has 2 rings (SSSR count). The van der Waals surface area contributed by atoms with Gasteiger partial charge in [0.15, 0.2) is 0 Å². The molecule has 0 aromatic heterocycles. The molecule has 1 N–H and O–H groups in total. The number of carboxylic acid groups (broad SMARTS) is 1. The van der Waals surface area contributed by atoms with E-state index in [2.05, 4.69) is 11.8 Å². The molecule has 0 atom stereocenters. The van der Waals surface area contributed by atoms with Crippen LogP contribution in [0.4, 0.5) is 5.69 Å². The maximum atomic E-state index is 11.0. The van der Waals surface area contributed by atoms with Crippen LogP contribution in [0.3, 0.4) is 0 Å². The van der Waals surface area contributed by atoms with E-state index in [0.29, 0.717) is 5.75 Å². The molecule has 4 nitrogen and oxygen atoms in total. The number of piperidine rings is 1. The zero-order chi connectivity index (χ0) is 13.1. The summed E-state index contributed by atoms with van der Waals surface area (Å²) in [6.07, 6.45) is 2.37. The van der Waals surface area contributed by atoms with Gasteiger partial charge in [0.05, 0.1) is 7.11 Å². The number of hydrogen-bond acceptors (Lipinski definition) is 3. The van der Waals surface area contributed by atoms with E-state index in [1.54, 1.807) is 6.07 Å². The molecule has 0 spiro atoms. The summed E-state index contributed by atoms with van der Waals surface area (Å²) in [5.41, 5.74) is 1.26. The second-order valence-corrected chi connectivity index (χ2v) is 4.86. The topological polar surface area (TPSA) is 49.8 Å². The minimum Gasteiger partial charge on any atom is -0.496 e. The van der Waals surface area contributed by atoms with Crippen LogP contribution in [0.1, 0.15) is 30.1 Å². The highest BCUT2D eigenvalue weighted by Crippen LogP contribution is 2.28. The number of anilines is 1. The normalized spacial score (nSPS) is 16.7. The van der Waals surface area contributed by atoms with Gasteiger partial charge in [-0.2, -0.15) is 0 Å². The Kier molecular flexibility index (Phi) is 3.75. The van der Waals surface area contributed by atoms with Crippen molar-refractivity contribution in [1.29, 1.82) is 0 Å². The molecule has 0 unspecified atom stereocenters. The summed E-state index contributed by atoms with van der Waals surface area (Å²) in [5, 5.41) is 9.04. The summed E-state index contributed by atoms with van der Waals surface area (Å²) < 4.78 is 5.15. The third kappa shape index (κ3) is 2.58. The minimum atomic E-state index is -0.953. The molecule has 1 heterocycles. The van der Waals surface area contributed by atoms with Crippen LogP contribution in [0.2, 0.25) is 0 Å². The van der Waals surface area contributed by atoms with Crippen molar-refractivity contribution < 1.29 is 14.6 Å². The van der Waals surface area contributed by atoms with Crippen LogP contribution in [0.15, 0.2) is 18.2 Å². The molecule has 18 heavy (non-hydrogen) atoms. The standard InChI is InChI=1S/C14H19NO3/c1-10-5-7-15(8-6-10)11-3-4-12(14(16)17)13(9-11)18-2/h3-4,9-10H,5-8H2,1-2H3,(H,16,17). The quantitative estimate of drug-likeness (QED) is 0.894. The SMILES string of the molecule is COc1cc(N2CCC(C)CC2)ccc1C(=O)O. The lowest BCUT2D eigenvalue weighted by atomic mass is 9.98.